The SMILES string of the molecule is CCN(CC)C(=O)c1cccc(Oc2cc(-c3ccccc3)ccc2NC[C@@H]2CCCN2)c1. The highest BCUT2D eigenvalue weighted by molar-refractivity contribution is 5.94. The van der Waals surface area contributed by atoms with Crippen LogP contribution in [0.15, 0.2) is 72.8 Å². The standard InChI is InChI=1S/C28H33N3O2/c1-3-31(4-2)28(32)23-12-8-14-25(18-23)33-27-19-22(21-10-6-5-7-11-21)15-16-26(27)30-20-24-13-9-17-29-24/h5-8,10-12,14-16,18-19,24,29-30H,3-4,9,13,17,20H2,1-2H3/t24-/m0/s1. The number of anilines is 1. The van der Waals surface area contributed by atoms with E-state index in [1.807, 2.05) is 61.2 Å². The topological polar surface area (TPSA) is 53.6 Å². The smallest absolute Gasteiger partial charge is 0.253 e. The molecule has 1 aliphatic heterocycles. The summed E-state index contributed by atoms with van der Waals surface area (Å²) in [5, 5.41) is 7.09. The average Bonchev–Trinajstić information content (AvgIpc) is 3.38. The highest BCUT2D eigenvalue weighted by Gasteiger charge is 2.16. The number of amides is 1. The molecular weight excluding hydrogens is 410 g/mol. The van der Waals surface area contributed by atoms with E-state index >= 15 is 0 Å². The number of rotatable bonds is 9. The predicted molar refractivity (Wildman–Crippen MR) is 135 cm³/mol. The number of nitrogens with one attached hydrogen (secondary N) is 2. The van der Waals surface area contributed by atoms with E-state index in [4.69, 9.17) is 4.74 Å². The maximum atomic E-state index is 12.8. The van der Waals surface area contributed by atoms with Gasteiger partial charge in [-0.15, -0.1) is 0 Å². The number of ether oxygens (including phenoxy) is 1. The summed E-state index contributed by atoms with van der Waals surface area (Å²) in [6, 6.07) is 24.5. The van der Waals surface area contributed by atoms with Crippen molar-refractivity contribution in [2.75, 3.05) is 31.5 Å². The summed E-state index contributed by atoms with van der Waals surface area (Å²) in [6.07, 6.45) is 2.40. The normalized spacial score (nSPS) is 15.3. The molecule has 3 aromatic rings. The predicted octanol–water partition coefficient (Wildman–Crippen LogP) is 5.79. The van der Waals surface area contributed by atoms with Crippen LogP contribution in [0.5, 0.6) is 11.5 Å². The molecule has 1 aliphatic rings. The van der Waals surface area contributed by atoms with Crippen LogP contribution in [0, 0.1) is 0 Å². The Kier molecular flexibility index (Phi) is 7.63. The third-order valence-corrected chi connectivity index (χ3v) is 6.15. The molecule has 0 spiro atoms. The minimum atomic E-state index is 0.0224. The molecule has 1 saturated heterocycles. The van der Waals surface area contributed by atoms with E-state index in [9.17, 15) is 4.79 Å². The van der Waals surface area contributed by atoms with E-state index in [0.29, 0.717) is 30.4 Å². The molecule has 5 heteroatoms. The van der Waals surface area contributed by atoms with Crippen LogP contribution in [0.1, 0.15) is 37.0 Å². The summed E-state index contributed by atoms with van der Waals surface area (Å²) in [5.41, 5.74) is 3.81. The van der Waals surface area contributed by atoms with Crippen molar-refractivity contribution >= 4 is 11.6 Å². The van der Waals surface area contributed by atoms with Gasteiger partial charge in [0.25, 0.3) is 5.91 Å². The van der Waals surface area contributed by atoms with Gasteiger partial charge in [-0.05, 0) is 74.7 Å². The zero-order valence-electron chi connectivity index (χ0n) is 19.5. The van der Waals surface area contributed by atoms with Crippen LogP contribution in [0.3, 0.4) is 0 Å². The molecule has 0 saturated carbocycles. The minimum absolute atomic E-state index is 0.0224. The Hall–Kier alpha value is -3.31. The van der Waals surface area contributed by atoms with Crippen molar-refractivity contribution < 1.29 is 9.53 Å². The maximum absolute atomic E-state index is 12.8. The van der Waals surface area contributed by atoms with Gasteiger partial charge in [0.1, 0.15) is 5.75 Å². The quantitative estimate of drug-likeness (QED) is 0.439. The lowest BCUT2D eigenvalue weighted by Gasteiger charge is -2.20. The third-order valence-electron chi connectivity index (χ3n) is 6.15. The summed E-state index contributed by atoms with van der Waals surface area (Å²) in [4.78, 5) is 14.6. The molecule has 0 aliphatic carbocycles. The maximum Gasteiger partial charge on any atom is 0.253 e. The Bertz CT molecular complexity index is 1060. The molecule has 1 heterocycles. The lowest BCUT2D eigenvalue weighted by molar-refractivity contribution is 0.0772. The Morgan fingerprint density at radius 1 is 1.00 bits per heavy atom. The highest BCUT2D eigenvalue weighted by atomic mass is 16.5. The fraction of sp³-hybridized carbons (Fsp3) is 0.321. The van der Waals surface area contributed by atoms with Gasteiger partial charge in [0, 0.05) is 31.2 Å². The first-order valence-corrected chi connectivity index (χ1v) is 11.9. The molecule has 0 bridgehead atoms. The van der Waals surface area contributed by atoms with Crippen molar-refractivity contribution in [2.24, 2.45) is 0 Å². The van der Waals surface area contributed by atoms with Crippen LogP contribution in [0.25, 0.3) is 11.1 Å². The lowest BCUT2D eigenvalue weighted by Crippen LogP contribution is -2.30. The molecule has 4 rings (SSSR count). The number of hydrogen-bond acceptors (Lipinski definition) is 4. The van der Waals surface area contributed by atoms with Crippen LogP contribution < -0.4 is 15.4 Å². The molecule has 3 aromatic carbocycles. The van der Waals surface area contributed by atoms with E-state index in [-0.39, 0.29) is 5.91 Å². The molecule has 1 fully saturated rings. The minimum Gasteiger partial charge on any atom is -0.455 e. The van der Waals surface area contributed by atoms with Crippen LogP contribution >= 0.6 is 0 Å². The molecule has 1 atom stereocenters. The van der Waals surface area contributed by atoms with Crippen molar-refractivity contribution in [2.45, 2.75) is 32.7 Å². The molecule has 5 nitrogen and oxygen atoms in total. The molecule has 1 amide bonds. The van der Waals surface area contributed by atoms with Gasteiger partial charge in [-0.1, -0.05) is 42.5 Å². The Balaban J connectivity index is 1.61. The molecule has 2 N–H and O–H groups in total. The van der Waals surface area contributed by atoms with Crippen molar-refractivity contribution in [3.63, 3.8) is 0 Å². The van der Waals surface area contributed by atoms with Gasteiger partial charge in [0.05, 0.1) is 5.69 Å². The van der Waals surface area contributed by atoms with Gasteiger partial charge in [-0.3, -0.25) is 4.79 Å². The van der Waals surface area contributed by atoms with E-state index in [0.717, 1.165) is 35.7 Å². The first-order valence-electron chi connectivity index (χ1n) is 11.9. The Labute approximate surface area is 196 Å². The molecular formula is C28H33N3O2. The summed E-state index contributed by atoms with van der Waals surface area (Å²) in [7, 11) is 0. The van der Waals surface area contributed by atoms with E-state index in [1.165, 1.54) is 12.8 Å². The summed E-state index contributed by atoms with van der Waals surface area (Å²) >= 11 is 0. The van der Waals surface area contributed by atoms with Crippen molar-refractivity contribution in [3.8, 4) is 22.6 Å². The Morgan fingerprint density at radius 3 is 2.55 bits per heavy atom. The van der Waals surface area contributed by atoms with E-state index in [1.54, 1.807) is 0 Å². The van der Waals surface area contributed by atoms with Gasteiger partial charge in [0.2, 0.25) is 0 Å². The third kappa shape index (κ3) is 5.74. The summed E-state index contributed by atoms with van der Waals surface area (Å²) < 4.78 is 6.37. The molecule has 0 unspecified atom stereocenters. The first-order chi connectivity index (χ1) is 16.2. The van der Waals surface area contributed by atoms with Gasteiger partial charge >= 0.3 is 0 Å². The molecule has 0 aromatic heterocycles. The molecule has 33 heavy (non-hydrogen) atoms. The Morgan fingerprint density at radius 2 is 1.82 bits per heavy atom. The number of carbonyl (C=O) groups excluding carboxylic acids is 1. The second-order valence-corrected chi connectivity index (χ2v) is 8.36. The summed E-state index contributed by atoms with van der Waals surface area (Å²) in [5.74, 6) is 1.43. The zero-order chi connectivity index (χ0) is 23.0. The lowest BCUT2D eigenvalue weighted by atomic mass is 10.0. The highest BCUT2D eigenvalue weighted by Crippen LogP contribution is 2.34. The number of benzene rings is 3. The second-order valence-electron chi connectivity index (χ2n) is 8.36. The van der Waals surface area contributed by atoms with E-state index < -0.39 is 0 Å². The molecule has 0 radical (unpaired) electrons. The van der Waals surface area contributed by atoms with Gasteiger partial charge < -0.3 is 20.3 Å². The average molecular weight is 444 g/mol. The first kappa shape index (κ1) is 22.9. The number of hydrogen-bond donors (Lipinski definition) is 2. The van der Waals surface area contributed by atoms with Crippen LogP contribution in [0.2, 0.25) is 0 Å². The van der Waals surface area contributed by atoms with Crippen LogP contribution in [-0.4, -0.2) is 43.0 Å². The van der Waals surface area contributed by atoms with Gasteiger partial charge in [-0.25, -0.2) is 0 Å². The monoisotopic (exact) mass is 443 g/mol. The van der Waals surface area contributed by atoms with Crippen molar-refractivity contribution in [1.82, 2.24) is 10.2 Å². The fourth-order valence-corrected chi connectivity index (χ4v) is 4.24. The fourth-order valence-electron chi connectivity index (χ4n) is 4.24. The zero-order valence-corrected chi connectivity index (χ0v) is 19.5. The summed E-state index contributed by atoms with van der Waals surface area (Å²) in [6.45, 7) is 7.28. The van der Waals surface area contributed by atoms with Crippen LogP contribution in [0.4, 0.5) is 5.69 Å². The second kappa shape index (κ2) is 11.0. The number of carbonyl (C=O) groups is 1. The number of nitrogens with zero attached hydrogens (tertiary/aromatic N) is 1. The van der Waals surface area contributed by atoms with Crippen LogP contribution in [-0.2, 0) is 0 Å². The van der Waals surface area contributed by atoms with Gasteiger partial charge in [0.15, 0.2) is 5.75 Å². The van der Waals surface area contributed by atoms with Crippen molar-refractivity contribution in [3.05, 3.63) is 78.4 Å². The van der Waals surface area contributed by atoms with Gasteiger partial charge in [-0.2, -0.15) is 0 Å². The molecule has 172 valence electrons. The largest absolute Gasteiger partial charge is 0.455 e. The van der Waals surface area contributed by atoms with Crippen molar-refractivity contribution in [1.29, 1.82) is 0 Å². The van der Waals surface area contributed by atoms with E-state index in [2.05, 4.69) is 41.0 Å².